The molecule has 0 aromatic heterocycles. The van der Waals surface area contributed by atoms with Crippen molar-refractivity contribution < 1.29 is 14.6 Å². The van der Waals surface area contributed by atoms with Crippen LogP contribution in [0.25, 0.3) is 0 Å². The molecule has 2 fully saturated rings. The summed E-state index contributed by atoms with van der Waals surface area (Å²) in [6, 6.07) is 0. The van der Waals surface area contributed by atoms with Gasteiger partial charge in [-0.05, 0) is 76.1 Å². The third kappa shape index (κ3) is 3.93. The van der Waals surface area contributed by atoms with Crippen molar-refractivity contribution in [3.05, 3.63) is 0 Å². The van der Waals surface area contributed by atoms with Crippen LogP contribution in [-0.4, -0.2) is 55.6 Å². The Balaban J connectivity index is 2.14. The number of rotatable bonds is 4. The van der Waals surface area contributed by atoms with E-state index in [-0.39, 0.29) is 35.6 Å². The topological polar surface area (TPSA) is 52.9 Å². The molecule has 2 aliphatic rings. The molecule has 1 aliphatic carbocycles. The second-order valence-corrected chi connectivity index (χ2v) is 14.5. The van der Waals surface area contributed by atoms with Crippen molar-refractivity contribution in [1.82, 2.24) is 4.81 Å². The quantitative estimate of drug-likeness (QED) is 0.760. The molecule has 1 spiro atoms. The Morgan fingerprint density at radius 2 is 1.75 bits per heavy atom. The summed E-state index contributed by atoms with van der Waals surface area (Å²) in [5.41, 5.74) is 0.187. The summed E-state index contributed by atoms with van der Waals surface area (Å²) in [5, 5.41) is 20.6. The maximum Gasteiger partial charge on any atom is 0.376 e. The third-order valence-corrected chi connectivity index (χ3v) is 11.6. The van der Waals surface area contributed by atoms with E-state index in [2.05, 4.69) is 38.7 Å². The molecule has 1 heterocycles. The molecule has 1 saturated carbocycles. The summed E-state index contributed by atoms with van der Waals surface area (Å²) < 4.78 is 6.75. The Bertz CT molecular complexity index is 428. The minimum atomic E-state index is -1.83. The summed E-state index contributed by atoms with van der Waals surface area (Å²) in [6.07, 6.45) is 4.19. The maximum atomic E-state index is 10.6. The van der Waals surface area contributed by atoms with E-state index in [9.17, 15) is 10.1 Å². The Morgan fingerprint density at radius 3 is 2.17 bits per heavy atom. The van der Waals surface area contributed by atoms with Crippen molar-refractivity contribution in [3.63, 3.8) is 0 Å². The average molecular weight is 355 g/mol. The van der Waals surface area contributed by atoms with Gasteiger partial charge in [0, 0.05) is 5.92 Å². The van der Waals surface area contributed by atoms with Gasteiger partial charge in [0.15, 0.2) is 8.32 Å². The zero-order valence-electron chi connectivity index (χ0n) is 16.8. The van der Waals surface area contributed by atoms with Crippen LogP contribution in [0.3, 0.4) is 0 Å². The fourth-order valence-corrected chi connectivity index (χ4v) is 5.98. The van der Waals surface area contributed by atoms with Crippen molar-refractivity contribution in [2.45, 2.75) is 90.5 Å². The Kier molecular flexibility index (Phi) is 5.98. The molecular weight excluding hydrogens is 317 g/mol. The molecule has 0 bridgehead atoms. The largest absolute Gasteiger partial charge is 0.437 e. The van der Waals surface area contributed by atoms with E-state index < -0.39 is 8.32 Å². The van der Waals surface area contributed by atoms with Crippen molar-refractivity contribution in [3.8, 4) is 0 Å². The van der Waals surface area contributed by atoms with E-state index in [1.165, 1.54) is 0 Å². The first-order chi connectivity index (χ1) is 10.9. The number of aliphatic hydroxyl groups is 1. The van der Waals surface area contributed by atoms with Gasteiger partial charge in [0.1, 0.15) is 0 Å². The number of hydrogen-bond donors (Lipinski definition) is 2. The molecular formula is C18H38BNO3Si. The highest BCUT2D eigenvalue weighted by Crippen LogP contribution is 2.54. The molecule has 6 heteroatoms. The zero-order chi connectivity index (χ0) is 18.3. The predicted molar refractivity (Wildman–Crippen MR) is 104 cm³/mol. The van der Waals surface area contributed by atoms with Crippen molar-refractivity contribution in [2.24, 2.45) is 11.3 Å². The summed E-state index contributed by atoms with van der Waals surface area (Å²) in [4.78, 5) is 2.15. The predicted octanol–water partition coefficient (Wildman–Crippen LogP) is 3.36. The molecule has 0 aromatic carbocycles. The van der Waals surface area contributed by atoms with Crippen LogP contribution in [0.4, 0.5) is 0 Å². The number of piperidine rings is 1. The van der Waals surface area contributed by atoms with Gasteiger partial charge < -0.3 is 19.4 Å². The van der Waals surface area contributed by atoms with E-state index in [1.54, 1.807) is 0 Å². The van der Waals surface area contributed by atoms with E-state index in [0.29, 0.717) is 0 Å². The van der Waals surface area contributed by atoms with Gasteiger partial charge in [0.05, 0.1) is 12.2 Å². The second-order valence-electron chi connectivity index (χ2n) is 9.75. The van der Waals surface area contributed by atoms with Gasteiger partial charge in [0.2, 0.25) is 0 Å². The molecule has 2 rings (SSSR count). The van der Waals surface area contributed by atoms with E-state index in [1.807, 2.05) is 13.7 Å². The zero-order valence-corrected chi connectivity index (χ0v) is 17.8. The van der Waals surface area contributed by atoms with E-state index in [4.69, 9.17) is 4.43 Å². The van der Waals surface area contributed by atoms with Crippen LogP contribution in [0.15, 0.2) is 0 Å². The maximum absolute atomic E-state index is 10.6. The highest BCUT2D eigenvalue weighted by molar-refractivity contribution is 6.74. The molecule has 3 atom stereocenters. The van der Waals surface area contributed by atoms with Crippen LogP contribution in [0.5, 0.6) is 0 Å². The van der Waals surface area contributed by atoms with Crippen LogP contribution in [0, 0.1) is 11.3 Å². The van der Waals surface area contributed by atoms with Crippen molar-refractivity contribution in [2.75, 3.05) is 13.1 Å². The number of aliphatic hydroxyl groups excluding tert-OH is 1. The van der Waals surface area contributed by atoms with Gasteiger partial charge in [-0.15, -0.1) is 0 Å². The molecule has 0 radical (unpaired) electrons. The van der Waals surface area contributed by atoms with Crippen LogP contribution in [0.1, 0.15) is 53.4 Å². The molecule has 0 amide bonds. The molecule has 140 valence electrons. The minimum Gasteiger partial charge on any atom is -0.437 e. The highest BCUT2D eigenvalue weighted by atomic mass is 28.4. The van der Waals surface area contributed by atoms with Crippen LogP contribution in [-0.2, 0) is 4.43 Å². The molecule has 0 aromatic rings. The Labute approximate surface area is 150 Å². The first-order valence-corrected chi connectivity index (χ1v) is 12.6. The fourth-order valence-electron chi connectivity index (χ4n) is 4.61. The Hall–Kier alpha value is 0.122. The molecule has 1 saturated heterocycles. The summed E-state index contributed by atoms with van der Waals surface area (Å²) in [7, 11) is -2.20. The fraction of sp³-hybridized carbons (Fsp3) is 1.00. The molecule has 1 aliphatic heterocycles. The van der Waals surface area contributed by atoms with Gasteiger partial charge in [-0.25, -0.2) is 0 Å². The standard InChI is InChI=1S/C18H38BNO3Si/c1-14(21)16-15(23-24(6,7)17(2,3)4)8-9-18(16)10-12-20(13-11-18)19(5)22/h14-16,21-22H,8-13H2,1-7H3. The van der Waals surface area contributed by atoms with E-state index >= 15 is 0 Å². The minimum absolute atomic E-state index is 0.184. The SMILES string of the molecule is CB(O)N1CCC2(CCC(O[Si](C)(C)C(C)(C)C)C2C(C)O)CC1. The van der Waals surface area contributed by atoms with Crippen LogP contribution in [0.2, 0.25) is 25.0 Å². The average Bonchev–Trinajstić information content (AvgIpc) is 2.75. The van der Waals surface area contributed by atoms with Gasteiger partial charge in [0.25, 0.3) is 0 Å². The number of hydrogen-bond acceptors (Lipinski definition) is 4. The lowest BCUT2D eigenvalue weighted by molar-refractivity contribution is -0.0301. The normalized spacial score (nSPS) is 29.9. The summed E-state index contributed by atoms with van der Waals surface area (Å²) in [5.74, 6) is 0.225. The lowest BCUT2D eigenvalue weighted by Gasteiger charge is -2.47. The van der Waals surface area contributed by atoms with Crippen LogP contribution < -0.4 is 0 Å². The van der Waals surface area contributed by atoms with Crippen molar-refractivity contribution >= 4 is 15.4 Å². The molecule has 4 nitrogen and oxygen atoms in total. The lowest BCUT2D eigenvalue weighted by Crippen LogP contribution is -2.52. The number of nitrogens with zero attached hydrogens (tertiary/aromatic N) is 1. The first kappa shape index (κ1) is 20.4. The van der Waals surface area contributed by atoms with Gasteiger partial charge in [-0.1, -0.05) is 20.8 Å². The lowest BCUT2D eigenvalue weighted by atomic mass is 9.66. The monoisotopic (exact) mass is 355 g/mol. The van der Waals surface area contributed by atoms with Crippen molar-refractivity contribution in [1.29, 1.82) is 0 Å². The molecule has 3 unspecified atom stereocenters. The summed E-state index contributed by atoms with van der Waals surface area (Å²) in [6.45, 7) is 17.1. The smallest absolute Gasteiger partial charge is 0.376 e. The molecule has 24 heavy (non-hydrogen) atoms. The van der Waals surface area contributed by atoms with Gasteiger partial charge in [-0.2, -0.15) is 0 Å². The Morgan fingerprint density at radius 1 is 1.21 bits per heavy atom. The highest BCUT2D eigenvalue weighted by Gasteiger charge is 2.54. The summed E-state index contributed by atoms with van der Waals surface area (Å²) >= 11 is 0. The van der Waals surface area contributed by atoms with Gasteiger partial charge >= 0.3 is 7.05 Å². The second kappa shape index (κ2) is 7.03. The van der Waals surface area contributed by atoms with E-state index in [0.717, 1.165) is 38.8 Å². The van der Waals surface area contributed by atoms with Crippen LogP contribution >= 0.6 is 0 Å². The van der Waals surface area contributed by atoms with Gasteiger partial charge in [-0.3, -0.25) is 0 Å². The third-order valence-electron chi connectivity index (χ3n) is 7.13. The first-order valence-electron chi connectivity index (χ1n) is 9.68. The molecule has 2 N–H and O–H groups in total.